The van der Waals surface area contributed by atoms with Crippen molar-refractivity contribution < 1.29 is 9.59 Å². The lowest BCUT2D eigenvalue weighted by Crippen LogP contribution is -2.31. The van der Waals surface area contributed by atoms with Gasteiger partial charge in [0.2, 0.25) is 0 Å². The molecule has 5 heteroatoms. The zero-order valence-corrected chi connectivity index (χ0v) is 14.3. The third kappa shape index (κ3) is 3.57. The van der Waals surface area contributed by atoms with Crippen molar-refractivity contribution in [2.75, 3.05) is 6.54 Å². The number of Topliss-reactive ketones (excluding diaryl/α,β-unsaturated/α-hetero) is 1. The molecule has 3 rings (SSSR count). The summed E-state index contributed by atoms with van der Waals surface area (Å²) < 4.78 is 0. The van der Waals surface area contributed by atoms with Crippen LogP contribution in [0.25, 0.3) is 10.9 Å². The molecule has 1 amide bonds. The first-order valence-electron chi connectivity index (χ1n) is 7.71. The second-order valence-corrected chi connectivity index (χ2v) is 5.87. The fraction of sp³-hybridized carbons (Fsp3) is 0.100. The minimum Gasteiger partial charge on any atom is -0.358 e. The number of aromatic nitrogens is 1. The van der Waals surface area contributed by atoms with Crippen LogP contribution in [0, 0.1) is 18.8 Å². The molecule has 0 radical (unpaired) electrons. The van der Waals surface area contributed by atoms with Gasteiger partial charge in [0.1, 0.15) is 0 Å². The Morgan fingerprint density at radius 1 is 1.12 bits per heavy atom. The Kier molecular flexibility index (Phi) is 4.87. The normalized spacial score (nSPS) is 10.2. The number of amides is 1. The smallest absolute Gasteiger partial charge is 0.293 e. The fourth-order valence-electron chi connectivity index (χ4n) is 2.59. The predicted octanol–water partition coefficient (Wildman–Crippen LogP) is 3.48. The molecular weight excluding hydrogens is 336 g/mol. The quantitative estimate of drug-likeness (QED) is 0.431. The molecule has 124 valence electrons. The van der Waals surface area contributed by atoms with Crippen molar-refractivity contribution >= 4 is 34.2 Å². The van der Waals surface area contributed by atoms with Gasteiger partial charge in [0.05, 0.1) is 17.1 Å². The molecule has 1 aromatic heterocycles. The van der Waals surface area contributed by atoms with Gasteiger partial charge < -0.3 is 10.3 Å². The predicted molar refractivity (Wildman–Crippen MR) is 98.7 cm³/mol. The van der Waals surface area contributed by atoms with Crippen LogP contribution >= 0.6 is 11.6 Å². The molecule has 0 bridgehead atoms. The molecular formula is C20H15ClN2O2. The molecule has 0 aliphatic rings. The van der Waals surface area contributed by atoms with Crippen molar-refractivity contribution in [3.05, 3.63) is 70.4 Å². The van der Waals surface area contributed by atoms with Crippen molar-refractivity contribution in [3.8, 4) is 11.8 Å². The zero-order chi connectivity index (χ0) is 17.8. The lowest BCUT2D eigenvalue weighted by Gasteiger charge is -2.01. The summed E-state index contributed by atoms with van der Waals surface area (Å²) in [4.78, 5) is 27.7. The Balaban J connectivity index is 1.71. The first-order valence-corrected chi connectivity index (χ1v) is 8.09. The molecule has 3 aromatic rings. The molecule has 2 N–H and O–H groups in total. The largest absolute Gasteiger partial charge is 0.358 e. The van der Waals surface area contributed by atoms with Gasteiger partial charge in [0, 0.05) is 22.2 Å². The minimum absolute atomic E-state index is 0.0667. The van der Waals surface area contributed by atoms with E-state index in [0.717, 1.165) is 10.9 Å². The van der Waals surface area contributed by atoms with Gasteiger partial charge >= 0.3 is 0 Å². The van der Waals surface area contributed by atoms with Gasteiger partial charge in [0.15, 0.2) is 0 Å². The van der Waals surface area contributed by atoms with Crippen LogP contribution in [0.2, 0.25) is 5.02 Å². The molecule has 0 saturated carbocycles. The Morgan fingerprint density at radius 2 is 1.84 bits per heavy atom. The number of carbonyl (C=O) groups excluding carboxylic acids is 2. The number of hydrogen-bond acceptors (Lipinski definition) is 2. The van der Waals surface area contributed by atoms with Crippen molar-refractivity contribution in [3.63, 3.8) is 0 Å². The first kappa shape index (κ1) is 16.8. The number of hydrogen-bond donors (Lipinski definition) is 2. The van der Waals surface area contributed by atoms with E-state index in [9.17, 15) is 9.59 Å². The van der Waals surface area contributed by atoms with E-state index in [-0.39, 0.29) is 6.54 Å². The molecule has 4 nitrogen and oxygen atoms in total. The number of halogens is 1. The van der Waals surface area contributed by atoms with Crippen molar-refractivity contribution in [2.24, 2.45) is 0 Å². The zero-order valence-electron chi connectivity index (χ0n) is 13.5. The Hall–Kier alpha value is -3.03. The summed E-state index contributed by atoms with van der Waals surface area (Å²) in [5.74, 6) is 4.41. The lowest BCUT2D eigenvalue weighted by molar-refractivity contribution is -0.116. The molecule has 0 aliphatic heterocycles. The van der Waals surface area contributed by atoms with Gasteiger partial charge in [-0.05, 0) is 25.1 Å². The number of fused-ring (bicyclic) bond motifs is 1. The molecule has 25 heavy (non-hydrogen) atoms. The average Bonchev–Trinajstić information content (AvgIpc) is 2.95. The maximum absolute atomic E-state index is 12.5. The van der Waals surface area contributed by atoms with E-state index in [0.29, 0.717) is 21.8 Å². The molecule has 0 fully saturated rings. The average molecular weight is 351 g/mol. The summed E-state index contributed by atoms with van der Waals surface area (Å²) in [6, 6.07) is 14.6. The number of nitrogens with one attached hydrogen (secondary N) is 2. The van der Waals surface area contributed by atoms with E-state index in [1.165, 1.54) is 0 Å². The molecule has 0 spiro atoms. The number of aryl methyl sites for hydroxylation is 1. The van der Waals surface area contributed by atoms with Crippen LogP contribution in [-0.4, -0.2) is 23.2 Å². The highest BCUT2D eigenvalue weighted by Gasteiger charge is 2.21. The molecule has 1 heterocycles. The number of rotatable bonds is 3. The number of carbonyl (C=O) groups is 2. The maximum Gasteiger partial charge on any atom is 0.293 e. The van der Waals surface area contributed by atoms with Crippen LogP contribution in [0.5, 0.6) is 0 Å². The van der Waals surface area contributed by atoms with Gasteiger partial charge in [-0.25, -0.2) is 0 Å². The minimum atomic E-state index is -0.679. The van der Waals surface area contributed by atoms with Gasteiger partial charge in [-0.2, -0.15) is 0 Å². The number of H-pyrrole nitrogens is 1. The Labute approximate surface area is 150 Å². The van der Waals surface area contributed by atoms with Crippen molar-refractivity contribution in [1.29, 1.82) is 0 Å². The van der Waals surface area contributed by atoms with Gasteiger partial charge in [-0.1, -0.05) is 53.8 Å². The van der Waals surface area contributed by atoms with Crippen LogP contribution in [0.1, 0.15) is 21.6 Å². The summed E-state index contributed by atoms with van der Waals surface area (Å²) in [5, 5.41) is 3.82. The fourth-order valence-corrected chi connectivity index (χ4v) is 2.77. The van der Waals surface area contributed by atoms with E-state index < -0.39 is 11.7 Å². The number of ketones is 1. The molecule has 0 saturated heterocycles. The highest BCUT2D eigenvalue weighted by atomic mass is 35.5. The van der Waals surface area contributed by atoms with Crippen LogP contribution in [0.15, 0.2) is 48.5 Å². The SMILES string of the molecule is Cc1[nH]c2ccccc2c1C(=O)C(=O)NCC#Cc1ccccc1Cl. The van der Waals surface area contributed by atoms with E-state index in [4.69, 9.17) is 11.6 Å². The number of benzene rings is 2. The van der Waals surface area contributed by atoms with E-state index in [1.807, 2.05) is 36.4 Å². The van der Waals surface area contributed by atoms with E-state index in [1.54, 1.807) is 19.1 Å². The third-order valence-electron chi connectivity index (χ3n) is 3.76. The van der Waals surface area contributed by atoms with Gasteiger partial charge in [-0.3, -0.25) is 9.59 Å². The Morgan fingerprint density at radius 3 is 2.64 bits per heavy atom. The molecule has 0 aliphatic carbocycles. The number of aromatic amines is 1. The van der Waals surface area contributed by atoms with Gasteiger partial charge in [0.25, 0.3) is 11.7 Å². The summed E-state index contributed by atoms with van der Waals surface area (Å²) in [7, 11) is 0. The molecule has 0 atom stereocenters. The van der Waals surface area contributed by atoms with Crippen molar-refractivity contribution in [2.45, 2.75) is 6.92 Å². The second kappa shape index (κ2) is 7.25. The third-order valence-corrected chi connectivity index (χ3v) is 4.09. The van der Waals surface area contributed by atoms with Crippen LogP contribution in [0.4, 0.5) is 0 Å². The highest BCUT2D eigenvalue weighted by molar-refractivity contribution is 6.45. The number of para-hydroxylation sites is 1. The van der Waals surface area contributed by atoms with Crippen LogP contribution in [0.3, 0.4) is 0 Å². The highest BCUT2D eigenvalue weighted by Crippen LogP contribution is 2.22. The van der Waals surface area contributed by atoms with Crippen LogP contribution in [-0.2, 0) is 4.79 Å². The second-order valence-electron chi connectivity index (χ2n) is 5.46. The summed E-state index contributed by atoms with van der Waals surface area (Å²) in [6.07, 6.45) is 0. The summed E-state index contributed by atoms with van der Waals surface area (Å²) in [5.41, 5.74) is 2.57. The van der Waals surface area contributed by atoms with E-state index >= 15 is 0 Å². The Bertz CT molecular complexity index is 1020. The topological polar surface area (TPSA) is 62.0 Å². The molecule has 2 aromatic carbocycles. The maximum atomic E-state index is 12.5. The molecule has 0 unspecified atom stereocenters. The lowest BCUT2D eigenvalue weighted by atomic mass is 10.1. The monoisotopic (exact) mass is 350 g/mol. The summed E-state index contributed by atoms with van der Waals surface area (Å²) in [6.45, 7) is 1.84. The van der Waals surface area contributed by atoms with Crippen LogP contribution < -0.4 is 5.32 Å². The first-order chi connectivity index (χ1) is 12.1. The summed E-state index contributed by atoms with van der Waals surface area (Å²) >= 11 is 6.01. The van der Waals surface area contributed by atoms with Gasteiger partial charge in [-0.15, -0.1) is 0 Å². The van der Waals surface area contributed by atoms with Crippen molar-refractivity contribution in [1.82, 2.24) is 10.3 Å². The standard InChI is InChI=1S/C20H15ClN2O2/c1-13-18(15-9-3-5-11-17(15)23-13)19(24)20(25)22-12-6-8-14-7-2-4-10-16(14)21/h2-5,7,9-11,23H,12H2,1H3,(H,22,25). The van der Waals surface area contributed by atoms with E-state index in [2.05, 4.69) is 22.1 Å².